The lowest BCUT2D eigenvalue weighted by atomic mass is 9.85. The Morgan fingerprint density at radius 1 is 1.42 bits per heavy atom. The minimum atomic E-state index is -3.49. The number of hydrogen-bond acceptors (Lipinski definition) is 2. The molecule has 0 aromatic carbocycles. The first-order valence-electron chi connectivity index (χ1n) is 3.94. The van der Waals surface area contributed by atoms with Crippen molar-refractivity contribution in [3.05, 3.63) is 0 Å². The predicted molar refractivity (Wildman–Crippen MR) is 49.6 cm³/mol. The van der Waals surface area contributed by atoms with Crippen LogP contribution in [0.1, 0.15) is 12.8 Å². The molecule has 1 fully saturated rings. The van der Waals surface area contributed by atoms with Gasteiger partial charge in [-0.25, -0.2) is 0 Å². The standard InChI is InChI=1S/C6H11BClNO2S/c7-5-6-1-3-9(4-2-6)12(8,10)11/h6H,1-5H2. The summed E-state index contributed by atoms with van der Waals surface area (Å²) < 4.78 is 23.0. The molecule has 0 saturated carbocycles. The number of piperidine rings is 1. The molecule has 0 aromatic heterocycles. The van der Waals surface area contributed by atoms with Crippen LogP contribution in [0.25, 0.3) is 0 Å². The van der Waals surface area contributed by atoms with Crippen LogP contribution in [0.15, 0.2) is 0 Å². The second-order valence-electron chi connectivity index (χ2n) is 3.02. The lowest BCUT2D eigenvalue weighted by molar-refractivity contribution is 0.292. The molecule has 0 unspecified atom stereocenters. The van der Waals surface area contributed by atoms with Gasteiger partial charge in [-0.05, 0) is 18.8 Å². The number of nitrogens with zero attached hydrogens (tertiary/aromatic N) is 1. The predicted octanol–water partition coefficient (Wildman–Crippen LogP) is 0.769. The van der Waals surface area contributed by atoms with E-state index < -0.39 is 9.24 Å². The first kappa shape index (κ1) is 10.3. The summed E-state index contributed by atoms with van der Waals surface area (Å²) in [5.41, 5.74) is 0. The summed E-state index contributed by atoms with van der Waals surface area (Å²) in [6.07, 6.45) is 2.28. The average Bonchev–Trinajstić information content (AvgIpc) is 2.03. The SMILES string of the molecule is [B]CC1CCN(S(=O)(=O)Cl)CC1. The summed E-state index contributed by atoms with van der Waals surface area (Å²) in [7, 11) is 7.13. The van der Waals surface area contributed by atoms with Crippen molar-refractivity contribution in [2.75, 3.05) is 13.1 Å². The zero-order valence-corrected chi connectivity index (χ0v) is 8.31. The third-order valence-electron chi connectivity index (χ3n) is 2.22. The maximum Gasteiger partial charge on any atom is 0.299 e. The highest BCUT2D eigenvalue weighted by Crippen LogP contribution is 2.22. The molecule has 0 aromatic rings. The molecule has 0 aliphatic carbocycles. The van der Waals surface area contributed by atoms with Crippen molar-refractivity contribution in [3.63, 3.8) is 0 Å². The molecular formula is C6H11BClNO2S. The van der Waals surface area contributed by atoms with E-state index in [2.05, 4.69) is 0 Å². The molecule has 0 amide bonds. The smallest absolute Gasteiger partial charge is 0.195 e. The maximum absolute atomic E-state index is 10.8. The molecule has 3 nitrogen and oxygen atoms in total. The Labute approximate surface area is 79.0 Å². The van der Waals surface area contributed by atoms with Crippen LogP contribution in [0.2, 0.25) is 6.32 Å². The molecule has 6 heteroatoms. The van der Waals surface area contributed by atoms with Gasteiger partial charge in [-0.15, -0.1) is 0 Å². The van der Waals surface area contributed by atoms with E-state index in [1.807, 2.05) is 0 Å². The Morgan fingerprint density at radius 3 is 2.25 bits per heavy atom. The molecule has 12 heavy (non-hydrogen) atoms. The molecule has 0 bridgehead atoms. The molecule has 1 aliphatic rings. The van der Waals surface area contributed by atoms with Crippen molar-refractivity contribution in [3.8, 4) is 0 Å². The van der Waals surface area contributed by atoms with Gasteiger partial charge in [0.2, 0.25) is 0 Å². The molecule has 1 rings (SSSR count). The third kappa shape index (κ3) is 2.64. The Bertz CT molecular complexity index is 236. The molecule has 0 N–H and O–H groups in total. The van der Waals surface area contributed by atoms with Crippen molar-refractivity contribution in [2.24, 2.45) is 5.92 Å². The highest BCUT2D eigenvalue weighted by molar-refractivity contribution is 8.11. The fourth-order valence-electron chi connectivity index (χ4n) is 1.36. The highest BCUT2D eigenvalue weighted by Gasteiger charge is 2.24. The van der Waals surface area contributed by atoms with E-state index in [4.69, 9.17) is 18.5 Å². The topological polar surface area (TPSA) is 37.4 Å². The Morgan fingerprint density at radius 2 is 1.92 bits per heavy atom. The fraction of sp³-hybridized carbons (Fsp3) is 1.00. The molecule has 0 atom stereocenters. The van der Waals surface area contributed by atoms with Crippen LogP contribution in [0.3, 0.4) is 0 Å². The van der Waals surface area contributed by atoms with Crippen molar-refractivity contribution >= 4 is 27.8 Å². The zero-order valence-electron chi connectivity index (χ0n) is 6.74. The second kappa shape index (κ2) is 3.98. The molecule has 1 heterocycles. The lowest BCUT2D eigenvalue weighted by Crippen LogP contribution is -2.35. The van der Waals surface area contributed by atoms with Gasteiger partial charge in [0, 0.05) is 23.8 Å². The van der Waals surface area contributed by atoms with Gasteiger partial charge < -0.3 is 0 Å². The van der Waals surface area contributed by atoms with Gasteiger partial charge in [-0.1, -0.05) is 6.32 Å². The van der Waals surface area contributed by atoms with Crippen LogP contribution in [0.5, 0.6) is 0 Å². The summed E-state index contributed by atoms with van der Waals surface area (Å²) in [6.45, 7) is 1.02. The Kier molecular flexibility index (Phi) is 3.43. The monoisotopic (exact) mass is 207 g/mol. The van der Waals surface area contributed by atoms with E-state index in [-0.39, 0.29) is 0 Å². The van der Waals surface area contributed by atoms with E-state index in [9.17, 15) is 8.42 Å². The van der Waals surface area contributed by atoms with Gasteiger partial charge >= 0.3 is 0 Å². The van der Waals surface area contributed by atoms with Gasteiger partial charge in [-0.3, -0.25) is 0 Å². The Balaban J connectivity index is 2.47. The van der Waals surface area contributed by atoms with E-state index in [0.29, 0.717) is 25.3 Å². The molecule has 1 saturated heterocycles. The van der Waals surface area contributed by atoms with Crippen molar-refractivity contribution in [1.29, 1.82) is 0 Å². The van der Waals surface area contributed by atoms with E-state index in [1.165, 1.54) is 4.31 Å². The summed E-state index contributed by atoms with van der Waals surface area (Å²) in [6, 6.07) is 0. The van der Waals surface area contributed by atoms with E-state index in [0.717, 1.165) is 12.8 Å². The van der Waals surface area contributed by atoms with Crippen LogP contribution in [-0.4, -0.2) is 33.7 Å². The minimum absolute atomic E-state index is 0.458. The van der Waals surface area contributed by atoms with Gasteiger partial charge in [-0.2, -0.15) is 12.7 Å². The van der Waals surface area contributed by atoms with Crippen molar-refractivity contribution < 1.29 is 8.42 Å². The lowest BCUT2D eigenvalue weighted by Gasteiger charge is -2.28. The normalized spacial score (nSPS) is 22.8. The molecule has 0 spiro atoms. The number of halogens is 1. The quantitative estimate of drug-likeness (QED) is 0.495. The third-order valence-corrected chi connectivity index (χ3v) is 3.78. The van der Waals surface area contributed by atoms with Crippen LogP contribution >= 0.6 is 10.7 Å². The molecular weight excluding hydrogens is 196 g/mol. The highest BCUT2D eigenvalue weighted by atomic mass is 35.7. The minimum Gasteiger partial charge on any atom is -0.195 e. The van der Waals surface area contributed by atoms with Crippen LogP contribution < -0.4 is 0 Å². The van der Waals surface area contributed by atoms with Crippen LogP contribution in [0.4, 0.5) is 0 Å². The first-order valence-corrected chi connectivity index (χ1v) is 6.20. The van der Waals surface area contributed by atoms with Crippen molar-refractivity contribution in [2.45, 2.75) is 19.2 Å². The second-order valence-corrected chi connectivity index (χ2v) is 5.53. The van der Waals surface area contributed by atoms with E-state index >= 15 is 0 Å². The molecule has 1 aliphatic heterocycles. The van der Waals surface area contributed by atoms with Crippen LogP contribution in [-0.2, 0) is 9.24 Å². The molecule has 68 valence electrons. The molecule has 2 radical (unpaired) electrons. The summed E-state index contributed by atoms with van der Waals surface area (Å²) in [5.74, 6) is 0.458. The fourth-order valence-corrected chi connectivity index (χ4v) is 2.42. The largest absolute Gasteiger partial charge is 0.299 e. The zero-order chi connectivity index (χ0) is 9.19. The first-order chi connectivity index (χ1) is 5.54. The summed E-state index contributed by atoms with van der Waals surface area (Å²) >= 11 is 0. The number of hydrogen-bond donors (Lipinski definition) is 0. The average molecular weight is 207 g/mol. The maximum atomic E-state index is 10.8. The summed E-state index contributed by atoms with van der Waals surface area (Å²) in [4.78, 5) is 0. The van der Waals surface area contributed by atoms with Gasteiger partial charge in [0.1, 0.15) is 0 Å². The van der Waals surface area contributed by atoms with Gasteiger partial charge in [0.25, 0.3) is 9.24 Å². The van der Waals surface area contributed by atoms with Gasteiger partial charge in [0.15, 0.2) is 0 Å². The van der Waals surface area contributed by atoms with Crippen molar-refractivity contribution in [1.82, 2.24) is 4.31 Å². The van der Waals surface area contributed by atoms with E-state index in [1.54, 1.807) is 0 Å². The number of rotatable bonds is 2. The van der Waals surface area contributed by atoms with Crippen LogP contribution in [0, 0.1) is 5.92 Å². The van der Waals surface area contributed by atoms with Gasteiger partial charge in [0.05, 0.1) is 7.85 Å². The summed E-state index contributed by atoms with van der Waals surface area (Å²) in [5, 5.41) is 0. The Hall–Kier alpha value is 0.265.